The quantitative estimate of drug-likeness (QED) is 0.792. The predicted molar refractivity (Wildman–Crippen MR) is 88.7 cm³/mol. The first-order valence-electron chi connectivity index (χ1n) is 7.49. The van der Waals surface area contributed by atoms with E-state index >= 15 is 0 Å². The number of nitrogens with zero attached hydrogens (tertiary/aromatic N) is 3. The lowest BCUT2D eigenvalue weighted by Crippen LogP contribution is -2.21. The third kappa shape index (κ3) is 4.75. The maximum absolute atomic E-state index is 11.9. The first-order valence-corrected chi connectivity index (χ1v) is 7.49. The number of aromatic nitrogens is 3. The van der Waals surface area contributed by atoms with Gasteiger partial charge in [0.1, 0.15) is 0 Å². The van der Waals surface area contributed by atoms with E-state index in [1.165, 1.54) is 6.08 Å². The van der Waals surface area contributed by atoms with Crippen LogP contribution in [-0.2, 0) is 22.6 Å². The fourth-order valence-electron chi connectivity index (χ4n) is 2.27. The topological polar surface area (TPSA) is 69.0 Å². The van der Waals surface area contributed by atoms with Crippen molar-refractivity contribution in [2.45, 2.75) is 26.9 Å². The maximum Gasteiger partial charge on any atom is 0.244 e. The number of amides is 1. The molecule has 0 saturated heterocycles. The van der Waals surface area contributed by atoms with Gasteiger partial charge in [0.15, 0.2) is 0 Å². The fraction of sp³-hybridized carbons (Fsp3) is 0.353. The van der Waals surface area contributed by atoms with Gasteiger partial charge in [0, 0.05) is 43.4 Å². The molecule has 23 heavy (non-hydrogen) atoms. The maximum atomic E-state index is 11.9. The van der Waals surface area contributed by atoms with Crippen molar-refractivity contribution in [3.63, 3.8) is 0 Å². The van der Waals surface area contributed by atoms with E-state index in [0.29, 0.717) is 19.7 Å². The van der Waals surface area contributed by atoms with Crippen LogP contribution in [0.15, 0.2) is 30.6 Å². The van der Waals surface area contributed by atoms with Gasteiger partial charge in [-0.1, -0.05) is 6.07 Å². The van der Waals surface area contributed by atoms with E-state index in [2.05, 4.69) is 15.4 Å². The summed E-state index contributed by atoms with van der Waals surface area (Å²) in [5.41, 5.74) is 3.91. The third-order valence-corrected chi connectivity index (χ3v) is 3.59. The lowest BCUT2D eigenvalue weighted by Gasteiger charge is -2.05. The molecule has 2 heterocycles. The summed E-state index contributed by atoms with van der Waals surface area (Å²) in [6, 6.07) is 3.73. The molecule has 2 aromatic rings. The molecule has 6 nitrogen and oxygen atoms in total. The van der Waals surface area contributed by atoms with E-state index in [-0.39, 0.29) is 5.91 Å². The summed E-state index contributed by atoms with van der Waals surface area (Å²) in [7, 11) is 1.67. The zero-order valence-electron chi connectivity index (χ0n) is 13.7. The van der Waals surface area contributed by atoms with Crippen molar-refractivity contribution in [2.24, 2.45) is 0 Å². The van der Waals surface area contributed by atoms with Crippen LogP contribution in [0.2, 0.25) is 0 Å². The summed E-state index contributed by atoms with van der Waals surface area (Å²) < 4.78 is 6.99. The van der Waals surface area contributed by atoms with Gasteiger partial charge in [-0.3, -0.25) is 14.5 Å². The second-order valence-corrected chi connectivity index (χ2v) is 5.20. The number of hydrogen-bond acceptors (Lipinski definition) is 4. The largest absolute Gasteiger partial charge is 0.383 e. The van der Waals surface area contributed by atoms with Crippen LogP contribution in [0.4, 0.5) is 0 Å². The van der Waals surface area contributed by atoms with Crippen LogP contribution in [-0.4, -0.2) is 34.4 Å². The summed E-state index contributed by atoms with van der Waals surface area (Å²) in [5.74, 6) is -0.141. The van der Waals surface area contributed by atoms with Gasteiger partial charge in [-0.15, -0.1) is 0 Å². The Balaban J connectivity index is 1.94. The second kappa shape index (κ2) is 8.24. The number of nitrogens with one attached hydrogen (secondary N) is 1. The van der Waals surface area contributed by atoms with Gasteiger partial charge in [0.25, 0.3) is 0 Å². The van der Waals surface area contributed by atoms with E-state index in [1.54, 1.807) is 25.6 Å². The van der Waals surface area contributed by atoms with Crippen molar-refractivity contribution in [1.29, 1.82) is 0 Å². The smallest absolute Gasteiger partial charge is 0.244 e. The molecule has 1 N–H and O–H groups in total. The molecule has 122 valence electrons. The Morgan fingerprint density at radius 3 is 2.96 bits per heavy atom. The molecule has 0 spiro atoms. The average Bonchev–Trinajstić information content (AvgIpc) is 2.83. The number of pyridine rings is 1. The van der Waals surface area contributed by atoms with Crippen molar-refractivity contribution in [2.75, 3.05) is 13.7 Å². The highest BCUT2D eigenvalue weighted by atomic mass is 16.5. The van der Waals surface area contributed by atoms with E-state index in [1.807, 2.05) is 30.7 Å². The second-order valence-electron chi connectivity index (χ2n) is 5.20. The van der Waals surface area contributed by atoms with Crippen LogP contribution < -0.4 is 5.32 Å². The van der Waals surface area contributed by atoms with Crippen molar-refractivity contribution >= 4 is 12.0 Å². The highest BCUT2D eigenvalue weighted by Gasteiger charge is 2.11. The number of ether oxygens (including phenoxy) is 1. The lowest BCUT2D eigenvalue weighted by molar-refractivity contribution is -0.116. The van der Waals surface area contributed by atoms with Gasteiger partial charge in [-0.2, -0.15) is 5.10 Å². The standard InChI is InChI=1S/C17H22N4O2/c1-13-16(14(2)21(20-13)9-10-23-3)12-19-17(22)7-6-15-5-4-8-18-11-15/h4-8,11H,9-10,12H2,1-3H3,(H,19,22)/b7-6-. The number of carbonyl (C=O) groups is 1. The van der Waals surface area contributed by atoms with Crippen molar-refractivity contribution < 1.29 is 9.53 Å². The molecule has 0 atom stereocenters. The highest BCUT2D eigenvalue weighted by molar-refractivity contribution is 5.91. The highest BCUT2D eigenvalue weighted by Crippen LogP contribution is 2.12. The van der Waals surface area contributed by atoms with Gasteiger partial charge in [-0.25, -0.2) is 0 Å². The van der Waals surface area contributed by atoms with E-state index in [0.717, 1.165) is 22.5 Å². The Morgan fingerprint density at radius 1 is 1.43 bits per heavy atom. The zero-order chi connectivity index (χ0) is 16.7. The molecule has 1 amide bonds. The molecule has 0 unspecified atom stereocenters. The number of carbonyl (C=O) groups excluding carboxylic acids is 1. The molecule has 0 aliphatic rings. The molecule has 0 aliphatic carbocycles. The lowest BCUT2D eigenvalue weighted by atomic mass is 10.2. The summed E-state index contributed by atoms with van der Waals surface area (Å²) in [4.78, 5) is 15.9. The van der Waals surface area contributed by atoms with Gasteiger partial charge in [-0.05, 0) is 31.6 Å². The molecular weight excluding hydrogens is 292 g/mol. The number of methoxy groups -OCH3 is 1. The summed E-state index contributed by atoms with van der Waals surface area (Å²) in [6.45, 7) is 5.73. The SMILES string of the molecule is COCCn1nc(C)c(CNC(=O)/C=C\c2cccnc2)c1C. The molecule has 2 rings (SSSR count). The van der Waals surface area contributed by atoms with Gasteiger partial charge >= 0.3 is 0 Å². The number of aryl methyl sites for hydroxylation is 1. The van der Waals surface area contributed by atoms with E-state index in [9.17, 15) is 4.79 Å². The molecule has 0 aliphatic heterocycles. The first-order chi connectivity index (χ1) is 11.1. The molecule has 2 aromatic heterocycles. The van der Waals surface area contributed by atoms with Crippen molar-refractivity contribution in [3.05, 3.63) is 53.1 Å². The molecule has 0 aromatic carbocycles. The van der Waals surface area contributed by atoms with Crippen molar-refractivity contribution in [3.8, 4) is 0 Å². The Bertz CT molecular complexity index is 677. The molecule has 0 bridgehead atoms. The Kier molecular flexibility index (Phi) is 6.05. The van der Waals surface area contributed by atoms with Crippen LogP contribution in [0, 0.1) is 13.8 Å². The third-order valence-electron chi connectivity index (χ3n) is 3.59. The summed E-state index contributed by atoms with van der Waals surface area (Å²) in [5, 5.41) is 7.37. The molecule has 0 fully saturated rings. The molecule has 0 radical (unpaired) electrons. The Labute approximate surface area is 136 Å². The van der Waals surface area contributed by atoms with Crippen LogP contribution in [0.3, 0.4) is 0 Å². The predicted octanol–water partition coefficient (Wildman–Crippen LogP) is 1.87. The minimum atomic E-state index is -0.141. The first kappa shape index (κ1) is 16.9. The van der Waals surface area contributed by atoms with Crippen LogP contribution >= 0.6 is 0 Å². The average molecular weight is 314 g/mol. The van der Waals surface area contributed by atoms with Gasteiger partial charge in [0.05, 0.1) is 18.8 Å². The fourth-order valence-corrected chi connectivity index (χ4v) is 2.27. The number of rotatable bonds is 7. The Hall–Kier alpha value is -2.47. The monoisotopic (exact) mass is 314 g/mol. The molecule has 6 heteroatoms. The van der Waals surface area contributed by atoms with Crippen molar-refractivity contribution in [1.82, 2.24) is 20.1 Å². The minimum absolute atomic E-state index is 0.141. The van der Waals surface area contributed by atoms with Crippen LogP contribution in [0.25, 0.3) is 6.08 Å². The van der Waals surface area contributed by atoms with E-state index < -0.39 is 0 Å². The molecular formula is C17H22N4O2. The Morgan fingerprint density at radius 2 is 2.26 bits per heavy atom. The minimum Gasteiger partial charge on any atom is -0.383 e. The van der Waals surface area contributed by atoms with E-state index in [4.69, 9.17) is 4.74 Å². The number of hydrogen-bond donors (Lipinski definition) is 1. The summed E-state index contributed by atoms with van der Waals surface area (Å²) >= 11 is 0. The zero-order valence-corrected chi connectivity index (χ0v) is 13.7. The normalized spacial score (nSPS) is 11.1. The van der Waals surface area contributed by atoms with Crippen LogP contribution in [0.5, 0.6) is 0 Å². The summed E-state index contributed by atoms with van der Waals surface area (Å²) in [6.07, 6.45) is 6.66. The van der Waals surface area contributed by atoms with Gasteiger partial charge < -0.3 is 10.1 Å². The molecule has 0 saturated carbocycles. The van der Waals surface area contributed by atoms with Gasteiger partial charge in [0.2, 0.25) is 5.91 Å². The van der Waals surface area contributed by atoms with Crippen LogP contribution in [0.1, 0.15) is 22.5 Å².